The van der Waals surface area contributed by atoms with Crippen molar-refractivity contribution in [2.24, 2.45) is 5.10 Å². The molecule has 0 radical (unpaired) electrons. The molecule has 5 rings (SSSR count). The van der Waals surface area contributed by atoms with Gasteiger partial charge in [-0.1, -0.05) is 22.0 Å². The molecule has 2 unspecified atom stereocenters. The Balaban J connectivity index is 1.69. The number of hydrazone groups is 1. The van der Waals surface area contributed by atoms with Crippen molar-refractivity contribution in [3.05, 3.63) is 73.9 Å². The van der Waals surface area contributed by atoms with Gasteiger partial charge in [0.25, 0.3) is 0 Å². The second-order valence-electron chi connectivity index (χ2n) is 7.35. The number of fused-ring (bicyclic) bond motifs is 3. The van der Waals surface area contributed by atoms with Gasteiger partial charge >= 0.3 is 5.97 Å². The molecular weight excluding hydrogens is 496 g/mol. The van der Waals surface area contributed by atoms with Gasteiger partial charge in [0.15, 0.2) is 11.5 Å². The third-order valence-corrected chi connectivity index (χ3v) is 7.03. The molecule has 1 N–H and O–H groups in total. The van der Waals surface area contributed by atoms with Gasteiger partial charge in [-0.25, -0.2) is 9.80 Å². The number of methoxy groups -OCH3 is 2. The van der Waals surface area contributed by atoms with Crippen LogP contribution in [0.1, 0.15) is 45.1 Å². The highest BCUT2D eigenvalue weighted by atomic mass is 79.9. The number of hydrogen-bond donors (Lipinski definition) is 1. The van der Waals surface area contributed by atoms with Crippen LogP contribution < -0.4 is 14.2 Å². The Kier molecular flexibility index (Phi) is 5.30. The maximum absolute atomic E-state index is 12.3. The number of rotatable bonds is 5. The summed E-state index contributed by atoms with van der Waals surface area (Å²) in [6.45, 7) is 0. The molecule has 0 bridgehead atoms. The monoisotopic (exact) mass is 514 g/mol. The highest BCUT2D eigenvalue weighted by Gasteiger charge is 2.43. The smallest absolute Gasteiger partial charge is 0.340 e. The first-order valence-corrected chi connectivity index (χ1v) is 11.5. The van der Waals surface area contributed by atoms with E-state index in [1.165, 1.54) is 14.2 Å². The molecule has 32 heavy (non-hydrogen) atoms. The number of benzene rings is 2. The van der Waals surface area contributed by atoms with E-state index in [4.69, 9.17) is 19.3 Å². The molecule has 7 nitrogen and oxygen atoms in total. The van der Waals surface area contributed by atoms with Crippen molar-refractivity contribution in [2.45, 2.75) is 18.7 Å². The van der Waals surface area contributed by atoms with Crippen molar-refractivity contribution in [2.75, 3.05) is 14.2 Å². The Morgan fingerprint density at radius 2 is 2.06 bits per heavy atom. The summed E-state index contributed by atoms with van der Waals surface area (Å²) in [6.07, 6.45) is -0.0449. The third-order valence-electron chi connectivity index (χ3n) is 5.62. The van der Waals surface area contributed by atoms with Crippen LogP contribution in [-0.4, -0.2) is 36.0 Å². The van der Waals surface area contributed by atoms with Crippen molar-refractivity contribution in [1.82, 2.24) is 5.01 Å². The lowest BCUT2D eigenvalue weighted by atomic mass is 9.96. The Bertz CT molecular complexity index is 1230. The Morgan fingerprint density at radius 3 is 2.75 bits per heavy atom. The zero-order chi connectivity index (χ0) is 22.4. The number of halogens is 1. The fourth-order valence-electron chi connectivity index (χ4n) is 4.22. The Hall–Kier alpha value is -3.04. The number of thiophene rings is 1. The van der Waals surface area contributed by atoms with Gasteiger partial charge in [-0.2, -0.15) is 5.10 Å². The summed E-state index contributed by atoms with van der Waals surface area (Å²) in [6, 6.07) is 13.2. The average molecular weight is 515 g/mol. The van der Waals surface area contributed by atoms with Crippen LogP contribution in [0.5, 0.6) is 17.2 Å². The van der Waals surface area contributed by atoms with Gasteiger partial charge in [0.2, 0.25) is 6.23 Å². The van der Waals surface area contributed by atoms with Gasteiger partial charge in [0.05, 0.1) is 30.9 Å². The molecule has 0 amide bonds. The number of nitrogens with zero attached hydrogens (tertiary/aromatic N) is 2. The number of aromatic carboxylic acids is 1. The molecule has 0 fully saturated rings. The quantitative estimate of drug-likeness (QED) is 0.486. The molecule has 3 aromatic rings. The molecule has 2 atom stereocenters. The van der Waals surface area contributed by atoms with Crippen molar-refractivity contribution in [3.8, 4) is 17.2 Å². The van der Waals surface area contributed by atoms with Crippen LogP contribution in [0.3, 0.4) is 0 Å². The molecule has 3 heterocycles. The standard InChI is InChI=1S/C23H19BrN2O5S/c1-29-18-8-6-13(20(23(27)28)21(18)30-2)22-26-16(11-15(25-26)19-4-3-9-32-19)14-10-12(24)5-7-17(14)31-22/h3-10,16,22H,11H2,1-2H3,(H,27,28). The predicted molar refractivity (Wildman–Crippen MR) is 124 cm³/mol. The van der Waals surface area contributed by atoms with E-state index in [1.807, 2.05) is 40.7 Å². The Morgan fingerprint density at radius 1 is 1.22 bits per heavy atom. The maximum Gasteiger partial charge on any atom is 0.340 e. The number of carboxylic acid groups (broad SMARTS) is 1. The molecule has 9 heteroatoms. The minimum Gasteiger partial charge on any atom is -0.493 e. The predicted octanol–water partition coefficient (Wildman–Crippen LogP) is 5.47. The van der Waals surface area contributed by atoms with Crippen LogP contribution in [-0.2, 0) is 0 Å². The zero-order valence-electron chi connectivity index (χ0n) is 17.2. The summed E-state index contributed by atoms with van der Waals surface area (Å²) < 4.78 is 18.0. The van der Waals surface area contributed by atoms with E-state index >= 15 is 0 Å². The summed E-state index contributed by atoms with van der Waals surface area (Å²) in [5, 5.41) is 18.8. The van der Waals surface area contributed by atoms with Gasteiger partial charge in [-0.05, 0) is 41.8 Å². The highest BCUT2D eigenvalue weighted by molar-refractivity contribution is 9.10. The first-order valence-electron chi connectivity index (χ1n) is 9.85. The zero-order valence-corrected chi connectivity index (χ0v) is 19.6. The molecular formula is C23H19BrN2O5S. The SMILES string of the molecule is COc1ccc(C2Oc3ccc(Br)cc3C3CC(c4cccs4)=NN32)c(C(=O)O)c1OC. The summed E-state index contributed by atoms with van der Waals surface area (Å²) in [5.41, 5.74) is 2.40. The lowest BCUT2D eigenvalue weighted by molar-refractivity contribution is -0.0199. The van der Waals surface area contributed by atoms with E-state index in [1.54, 1.807) is 23.5 Å². The third kappa shape index (κ3) is 3.32. The molecule has 0 aliphatic carbocycles. The van der Waals surface area contributed by atoms with Crippen molar-refractivity contribution in [3.63, 3.8) is 0 Å². The van der Waals surface area contributed by atoms with Crippen LogP contribution >= 0.6 is 27.3 Å². The largest absolute Gasteiger partial charge is 0.493 e. The van der Waals surface area contributed by atoms with E-state index in [2.05, 4.69) is 15.9 Å². The van der Waals surface area contributed by atoms with Crippen LogP contribution in [0.25, 0.3) is 0 Å². The van der Waals surface area contributed by atoms with Gasteiger partial charge in [0.1, 0.15) is 11.3 Å². The number of hydrogen-bond acceptors (Lipinski definition) is 7. The van der Waals surface area contributed by atoms with Gasteiger partial charge < -0.3 is 19.3 Å². The van der Waals surface area contributed by atoms with Crippen LogP contribution in [0.15, 0.2) is 57.4 Å². The van der Waals surface area contributed by atoms with Crippen LogP contribution in [0.4, 0.5) is 0 Å². The number of carboxylic acids is 1. The lowest BCUT2D eigenvalue weighted by Gasteiger charge is -2.38. The van der Waals surface area contributed by atoms with E-state index in [9.17, 15) is 9.90 Å². The molecule has 2 aliphatic rings. The summed E-state index contributed by atoms with van der Waals surface area (Å²) >= 11 is 5.18. The minimum atomic E-state index is -1.13. The molecule has 0 saturated carbocycles. The minimum absolute atomic E-state index is 0.00376. The van der Waals surface area contributed by atoms with E-state index in [0.29, 0.717) is 23.5 Å². The van der Waals surface area contributed by atoms with Crippen LogP contribution in [0.2, 0.25) is 0 Å². The second kappa shape index (κ2) is 8.14. The highest BCUT2D eigenvalue weighted by Crippen LogP contribution is 2.50. The van der Waals surface area contributed by atoms with Crippen molar-refractivity contribution in [1.29, 1.82) is 0 Å². The summed E-state index contributed by atoms with van der Waals surface area (Å²) in [5.74, 6) is 0.0720. The van der Waals surface area contributed by atoms with Crippen molar-refractivity contribution >= 4 is 38.9 Å². The fraction of sp³-hybridized carbons (Fsp3) is 0.217. The van der Waals surface area contributed by atoms with Crippen molar-refractivity contribution < 1.29 is 24.1 Å². The van der Waals surface area contributed by atoms with E-state index in [0.717, 1.165) is 20.6 Å². The van der Waals surface area contributed by atoms with Gasteiger partial charge in [-0.15, -0.1) is 11.3 Å². The summed E-state index contributed by atoms with van der Waals surface area (Å²) in [4.78, 5) is 13.4. The first-order chi connectivity index (χ1) is 15.5. The number of ether oxygens (including phenoxy) is 3. The molecule has 2 aliphatic heterocycles. The molecule has 0 spiro atoms. The van der Waals surface area contributed by atoms with E-state index < -0.39 is 12.2 Å². The lowest BCUT2D eigenvalue weighted by Crippen LogP contribution is -2.34. The van der Waals surface area contributed by atoms with Crippen LogP contribution in [0, 0.1) is 0 Å². The summed E-state index contributed by atoms with van der Waals surface area (Å²) in [7, 11) is 2.90. The Labute approximate surface area is 197 Å². The topological polar surface area (TPSA) is 80.6 Å². The first kappa shape index (κ1) is 20.8. The molecule has 2 aromatic carbocycles. The van der Waals surface area contributed by atoms with Gasteiger partial charge in [-0.3, -0.25) is 0 Å². The molecule has 164 valence electrons. The fourth-order valence-corrected chi connectivity index (χ4v) is 5.32. The normalized spacial score (nSPS) is 19.0. The van der Waals surface area contributed by atoms with Gasteiger partial charge in [0, 0.05) is 22.0 Å². The average Bonchev–Trinajstić information content (AvgIpc) is 3.47. The molecule has 0 saturated heterocycles. The van der Waals surface area contributed by atoms with E-state index in [-0.39, 0.29) is 17.4 Å². The molecule has 1 aromatic heterocycles. The maximum atomic E-state index is 12.3. The second-order valence-corrected chi connectivity index (χ2v) is 9.21. The number of carbonyl (C=O) groups is 1.